The second-order valence-corrected chi connectivity index (χ2v) is 30.3. The van der Waals surface area contributed by atoms with Crippen LogP contribution in [0.3, 0.4) is 0 Å². The van der Waals surface area contributed by atoms with Crippen LogP contribution in [0.4, 0.5) is 0 Å². The number of hydrogen-bond acceptors (Lipinski definition) is 4. The minimum atomic E-state index is -0.355. The van der Waals surface area contributed by atoms with Crippen LogP contribution in [0.15, 0.2) is 340 Å². The van der Waals surface area contributed by atoms with Gasteiger partial charge in [-0.3, -0.25) is 9.13 Å². The van der Waals surface area contributed by atoms with Gasteiger partial charge in [0, 0.05) is 65.4 Å². The number of hydrogen-bond donors (Lipinski definition) is 0. The van der Waals surface area contributed by atoms with E-state index in [-0.39, 0.29) is 5.41 Å². The third-order valence-corrected chi connectivity index (χ3v) is 24.2. The van der Waals surface area contributed by atoms with E-state index < -0.39 is 0 Å². The Kier molecular flexibility index (Phi) is 12.4. The normalized spacial score (nSPS) is 12.9. The van der Waals surface area contributed by atoms with E-state index in [2.05, 4.69) is 363 Å². The molecule has 0 N–H and O–H groups in total. The number of benzene rings is 19. The summed E-state index contributed by atoms with van der Waals surface area (Å²) in [6.45, 7) is 4.66. The van der Waals surface area contributed by atoms with Crippen LogP contribution in [0.25, 0.3) is 230 Å². The van der Waals surface area contributed by atoms with Crippen LogP contribution >= 0.6 is 0 Å². The number of aromatic nitrogens is 6. The fraction of sp³-hybridized carbons (Fsp3) is 0.0291. The minimum Gasteiger partial charge on any atom is -0.278 e. The fourth-order valence-electron chi connectivity index (χ4n) is 19.2. The van der Waals surface area contributed by atoms with Crippen molar-refractivity contribution in [2.24, 2.45) is 0 Å². The van der Waals surface area contributed by atoms with Gasteiger partial charge in [-0.2, -0.15) is 0 Å². The molecule has 1 aliphatic carbocycles. The molecule has 0 aliphatic heterocycles. The molecule has 0 unspecified atom stereocenters. The van der Waals surface area contributed by atoms with Crippen molar-refractivity contribution in [3.05, 3.63) is 351 Å². The maximum Gasteiger partial charge on any atom is 0.235 e. The smallest absolute Gasteiger partial charge is 0.235 e. The van der Waals surface area contributed by atoms with Crippen molar-refractivity contribution in [1.29, 1.82) is 0 Å². The lowest BCUT2D eigenvalue weighted by Crippen LogP contribution is -2.18. The van der Waals surface area contributed by atoms with E-state index in [0.717, 1.165) is 127 Å². The minimum absolute atomic E-state index is 0.355. The quantitative estimate of drug-likeness (QED) is 0.156. The maximum atomic E-state index is 5.93. The van der Waals surface area contributed by atoms with Gasteiger partial charge in [-0.15, -0.1) is 0 Å². The predicted octanol–water partition coefficient (Wildman–Crippen LogP) is 27.1. The van der Waals surface area contributed by atoms with Crippen molar-refractivity contribution in [2.75, 3.05) is 0 Å². The van der Waals surface area contributed by atoms with Gasteiger partial charge in [0.15, 0.2) is 0 Å². The standard InChI is InChI=1S/C103H62N6/c1-103(2)86-35-19-18-34-81(86)100-97(103)99(71-43-38-60-22-6-7-23-64(60)52-71)106-102(107-100)109-89-51-48-79-75-31-14-15-32-76(75)83-54-70(44-46-80(83)93(79)96(89)85-56-66-25-9-11-27-68(66)58-91(85)109)69-42-39-62-45-49-87-94(82(62)53-69)98(63-40-36-61(37-41-63)59-20-4-3-5-21-59)105-101(104-87)108-88-50-47-78-74-30-13-12-28-72(74)73-29-16-17-33-77(73)92(78)95(88)84-55-65-24-8-10-26-67(65)57-90(84)108/h3-58H,1-2H3. The van der Waals surface area contributed by atoms with E-state index in [1.165, 1.54) is 103 Å². The van der Waals surface area contributed by atoms with E-state index in [4.69, 9.17) is 19.9 Å². The van der Waals surface area contributed by atoms with E-state index in [0.29, 0.717) is 11.9 Å². The van der Waals surface area contributed by atoms with E-state index >= 15 is 0 Å². The first kappa shape index (κ1) is 60.1. The summed E-state index contributed by atoms with van der Waals surface area (Å²) in [5.74, 6) is 1.26. The Morgan fingerprint density at radius 2 is 0.633 bits per heavy atom. The molecule has 504 valence electrons. The third kappa shape index (κ3) is 8.62. The second kappa shape index (κ2) is 22.4. The summed E-state index contributed by atoms with van der Waals surface area (Å²) in [6, 6.07) is 125. The Hall–Kier alpha value is -14.2. The van der Waals surface area contributed by atoms with Crippen molar-refractivity contribution in [2.45, 2.75) is 19.3 Å². The van der Waals surface area contributed by atoms with Crippen molar-refractivity contribution >= 4 is 162 Å². The number of nitrogens with zero attached hydrogens (tertiary/aromatic N) is 6. The lowest BCUT2D eigenvalue weighted by molar-refractivity contribution is 0.657. The number of rotatable bonds is 6. The summed E-state index contributed by atoms with van der Waals surface area (Å²) in [6.07, 6.45) is 0. The van der Waals surface area contributed by atoms with Crippen LogP contribution in [0.2, 0.25) is 0 Å². The van der Waals surface area contributed by atoms with Crippen LogP contribution in [0.1, 0.15) is 25.0 Å². The third-order valence-electron chi connectivity index (χ3n) is 24.2. The molecule has 0 amide bonds. The monoisotopic (exact) mass is 1380 g/mol. The molecule has 0 saturated heterocycles. The zero-order valence-corrected chi connectivity index (χ0v) is 59.5. The van der Waals surface area contributed by atoms with Crippen LogP contribution in [0.5, 0.6) is 0 Å². The molecule has 19 aromatic carbocycles. The largest absolute Gasteiger partial charge is 0.278 e. The first-order valence-electron chi connectivity index (χ1n) is 37.7. The molecule has 0 saturated carbocycles. The Morgan fingerprint density at radius 3 is 1.27 bits per heavy atom. The molecule has 4 aromatic heterocycles. The van der Waals surface area contributed by atoms with Gasteiger partial charge < -0.3 is 0 Å². The topological polar surface area (TPSA) is 61.4 Å². The summed E-state index contributed by atoms with van der Waals surface area (Å²) in [5.41, 5.74) is 17.7. The van der Waals surface area contributed by atoms with E-state index in [1.807, 2.05) is 0 Å². The molecule has 0 fully saturated rings. The molecule has 0 atom stereocenters. The van der Waals surface area contributed by atoms with Gasteiger partial charge in [-0.05, 0) is 185 Å². The first-order chi connectivity index (χ1) is 53.8. The highest BCUT2D eigenvalue weighted by Gasteiger charge is 2.41. The molecule has 1 aliphatic rings. The van der Waals surface area contributed by atoms with Gasteiger partial charge >= 0.3 is 0 Å². The average Bonchev–Trinajstić information content (AvgIpc) is 1.55. The van der Waals surface area contributed by atoms with Crippen molar-refractivity contribution in [3.63, 3.8) is 0 Å². The molecular formula is C103H62N6. The van der Waals surface area contributed by atoms with Gasteiger partial charge in [0.2, 0.25) is 11.9 Å². The first-order valence-corrected chi connectivity index (χ1v) is 37.7. The maximum absolute atomic E-state index is 5.93. The lowest BCUT2D eigenvalue weighted by Gasteiger charge is -2.24. The van der Waals surface area contributed by atoms with Crippen molar-refractivity contribution in [1.82, 2.24) is 29.1 Å². The number of fused-ring (bicyclic) bond motifs is 29. The molecule has 109 heavy (non-hydrogen) atoms. The molecular weight excluding hydrogens is 1320 g/mol. The van der Waals surface area contributed by atoms with Gasteiger partial charge in [0.05, 0.1) is 44.7 Å². The fourth-order valence-corrected chi connectivity index (χ4v) is 19.2. The molecule has 4 heterocycles. The highest BCUT2D eigenvalue weighted by molar-refractivity contribution is 6.38. The Morgan fingerprint density at radius 1 is 0.220 bits per heavy atom. The van der Waals surface area contributed by atoms with Crippen LogP contribution in [-0.4, -0.2) is 29.1 Å². The van der Waals surface area contributed by atoms with Gasteiger partial charge in [0.1, 0.15) is 0 Å². The zero-order valence-electron chi connectivity index (χ0n) is 59.5. The van der Waals surface area contributed by atoms with Gasteiger partial charge in [0.25, 0.3) is 0 Å². The highest BCUT2D eigenvalue weighted by Crippen LogP contribution is 2.54. The van der Waals surface area contributed by atoms with Crippen LogP contribution in [-0.2, 0) is 5.41 Å². The summed E-state index contributed by atoms with van der Waals surface area (Å²) in [5, 5.41) is 29.5. The van der Waals surface area contributed by atoms with Gasteiger partial charge in [-0.25, -0.2) is 19.9 Å². The zero-order chi connectivity index (χ0) is 71.5. The average molecular weight is 1380 g/mol. The molecule has 23 aromatic rings. The van der Waals surface area contributed by atoms with Gasteiger partial charge in [-0.1, -0.05) is 293 Å². The van der Waals surface area contributed by atoms with E-state index in [1.54, 1.807) is 0 Å². The molecule has 0 radical (unpaired) electrons. The molecule has 6 nitrogen and oxygen atoms in total. The lowest BCUT2D eigenvalue weighted by atomic mass is 9.80. The Labute approximate surface area is 625 Å². The van der Waals surface area contributed by atoms with Crippen LogP contribution in [0, 0.1) is 0 Å². The Bertz CT molecular complexity index is 7970. The van der Waals surface area contributed by atoms with Crippen molar-refractivity contribution in [3.8, 4) is 67.9 Å². The summed E-state index contributed by atoms with van der Waals surface area (Å²) in [4.78, 5) is 23.4. The molecule has 0 bridgehead atoms. The van der Waals surface area contributed by atoms with Crippen LogP contribution < -0.4 is 0 Å². The predicted molar refractivity (Wildman–Crippen MR) is 458 cm³/mol. The molecule has 24 rings (SSSR count). The SMILES string of the molecule is CC1(C)c2ccccc2-c2nc(-n3c4cc5ccccc5cc4c4c5c(ccc43)c3ccccc3c3cc(-c4ccc6ccc7nc(-n8c9cc%10ccccc%10cc9c9c%10c%11ccccc%11c%11ccccc%11c%10ccc98)nc(-c8ccc(-c9ccccc9)cc8)c7c6c4)ccc35)nc(-c3ccc4ccccc4c3)c21. The highest BCUT2D eigenvalue weighted by atomic mass is 15.2. The summed E-state index contributed by atoms with van der Waals surface area (Å²) in [7, 11) is 0. The van der Waals surface area contributed by atoms with E-state index in [9.17, 15) is 0 Å². The summed E-state index contributed by atoms with van der Waals surface area (Å²) < 4.78 is 4.70. The molecule has 6 heteroatoms. The summed E-state index contributed by atoms with van der Waals surface area (Å²) >= 11 is 0. The molecule has 0 spiro atoms. The van der Waals surface area contributed by atoms with Crippen molar-refractivity contribution < 1.29 is 0 Å². The second-order valence-electron chi connectivity index (χ2n) is 30.3. The Balaban J connectivity index is 0.738.